The highest BCUT2D eigenvalue weighted by Crippen LogP contribution is 2.27. The number of amides is 1. The van der Waals surface area contributed by atoms with E-state index in [4.69, 9.17) is 11.6 Å². The molecule has 2 aromatic rings. The maximum absolute atomic E-state index is 13.3. The van der Waals surface area contributed by atoms with Gasteiger partial charge in [-0.2, -0.15) is 5.12 Å². The summed E-state index contributed by atoms with van der Waals surface area (Å²) in [6.07, 6.45) is 0.0862. The molecule has 0 aliphatic rings. The predicted molar refractivity (Wildman–Crippen MR) is 88.6 cm³/mol. The zero-order valence-electron chi connectivity index (χ0n) is 13.0. The van der Waals surface area contributed by atoms with Crippen molar-refractivity contribution in [3.8, 4) is 11.1 Å². The van der Waals surface area contributed by atoms with Crippen molar-refractivity contribution in [2.75, 3.05) is 6.54 Å². The van der Waals surface area contributed by atoms with Crippen LogP contribution in [0.4, 0.5) is 4.48 Å². The number of hydrogen-bond acceptors (Lipinski definition) is 1. The van der Waals surface area contributed by atoms with Gasteiger partial charge in [-0.3, -0.25) is 4.79 Å². The molecule has 2 rings (SSSR count). The molecular weight excluding hydrogens is 301 g/mol. The number of halogens is 2. The molecule has 0 atom stereocenters. The Hall–Kier alpha value is -1.87. The van der Waals surface area contributed by atoms with Crippen molar-refractivity contribution in [1.82, 2.24) is 5.12 Å². The number of nitrogens with zero attached hydrogens (tertiary/aromatic N) is 1. The first-order valence-corrected chi connectivity index (χ1v) is 7.62. The van der Waals surface area contributed by atoms with Crippen LogP contribution in [0.25, 0.3) is 11.1 Å². The van der Waals surface area contributed by atoms with Gasteiger partial charge in [-0.1, -0.05) is 40.3 Å². The Kier molecular flexibility index (Phi) is 5.19. The van der Waals surface area contributed by atoms with Crippen LogP contribution < -0.4 is 0 Å². The minimum Gasteiger partial charge on any atom is -0.272 e. The molecule has 0 saturated heterocycles. The number of benzene rings is 2. The van der Waals surface area contributed by atoms with E-state index >= 15 is 0 Å². The molecule has 0 aromatic heterocycles. The van der Waals surface area contributed by atoms with Crippen molar-refractivity contribution in [3.63, 3.8) is 0 Å². The summed E-state index contributed by atoms with van der Waals surface area (Å²) in [4.78, 5) is 11.8. The SMILES string of the molecule is CCN(F)C(=O)Cc1c(C)cc(-c2ccc(Cl)cc2)cc1C. The van der Waals surface area contributed by atoms with E-state index in [1.165, 1.54) is 0 Å². The van der Waals surface area contributed by atoms with Crippen molar-refractivity contribution < 1.29 is 9.28 Å². The molecule has 0 saturated carbocycles. The minimum atomic E-state index is -0.507. The van der Waals surface area contributed by atoms with E-state index in [0.717, 1.165) is 27.8 Å². The van der Waals surface area contributed by atoms with Crippen LogP contribution in [-0.2, 0) is 11.2 Å². The van der Waals surface area contributed by atoms with Gasteiger partial charge in [0.1, 0.15) is 0 Å². The first-order chi connectivity index (χ1) is 10.4. The van der Waals surface area contributed by atoms with Crippen LogP contribution in [0.3, 0.4) is 0 Å². The third kappa shape index (κ3) is 3.66. The monoisotopic (exact) mass is 319 g/mol. The Balaban J connectivity index is 2.32. The van der Waals surface area contributed by atoms with Gasteiger partial charge in [0.15, 0.2) is 0 Å². The van der Waals surface area contributed by atoms with E-state index in [1.54, 1.807) is 6.92 Å². The average molecular weight is 320 g/mol. The molecular formula is C18H19ClFNO. The first-order valence-electron chi connectivity index (χ1n) is 7.24. The molecule has 0 fully saturated rings. The molecule has 0 unspecified atom stereocenters. The third-order valence-corrected chi connectivity index (χ3v) is 4.00. The van der Waals surface area contributed by atoms with Gasteiger partial charge in [-0.15, -0.1) is 0 Å². The highest BCUT2D eigenvalue weighted by molar-refractivity contribution is 6.30. The smallest absolute Gasteiger partial charge is 0.254 e. The maximum atomic E-state index is 13.3. The second-order valence-electron chi connectivity index (χ2n) is 5.34. The number of aryl methyl sites for hydroxylation is 2. The van der Waals surface area contributed by atoms with Gasteiger partial charge in [-0.25, -0.2) is 0 Å². The minimum absolute atomic E-state index is 0.0692. The van der Waals surface area contributed by atoms with Crippen LogP contribution in [0.1, 0.15) is 23.6 Å². The average Bonchev–Trinajstić information content (AvgIpc) is 2.50. The van der Waals surface area contributed by atoms with Gasteiger partial charge in [-0.05, 0) is 60.7 Å². The van der Waals surface area contributed by atoms with Crippen molar-refractivity contribution >= 4 is 17.5 Å². The first kappa shape index (κ1) is 16.5. The van der Waals surface area contributed by atoms with Crippen molar-refractivity contribution in [3.05, 3.63) is 58.1 Å². The lowest BCUT2D eigenvalue weighted by atomic mass is 9.94. The Morgan fingerprint density at radius 3 is 2.14 bits per heavy atom. The predicted octanol–water partition coefficient (Wildman–Crippen LogP) is 4.90. The Bertz CT molecular complexity index is 659. The van der Waals surface area contributed by atoms with Gasteiger partial charge in [0.2, 0.25) is 0 Å². The lowest BCUT2D eigenvalue weighted by Crippen LogP contribution is -2.24. The topological polar surface area (TPSA) is 20.3 Å². The van der Waals surface area contributed by atoms with Crippen molar-refractivity contribution in [2.24, 2.45) is 0 Å². The lowest BCUT2D eigenvalue weighted by Gasteiger charge is -2.15. The summed E-state index contributed by atoms with van der Waals surface area (Å²) < 4.78 is 13.3. The molecule has 0 N–H and O–H groups in total. The van der Waals surface area contributed by atoms with Crippen LogP contribution in [0.5, 0.6) is 0 Å². The molecule has 4 heteroatoms. The number of carbonyl (C=O) groups excluding carboxylic acids is 1. The van der Waals surface area contributed by atoms with Crippen LogP contribution in [0.2, 0.25) is 5.02 Å². The molecule has 116 valence electrons. The summed E-state index contributed by atoms with van der Waals surface area (Å²) in [5, 5.41) is 0.952. The molecule has 0 heterocycles. The van der Waals surface area contributed by atoms with Gasteiger partial charge in [0, 0.05) is 5.02 Å². The van der Waals surface area contributed by atoms with Crippen LogP contribution in [-0.4, -0.2) is 17.6 Å². The molecule has 0 spiro atoms. The molecule has 22 heavy (non-hydrogen) atoms. The molecule has 2 nitrogen and oxygen atoms in total. The van der Waals surface area contributed by atoms with Crippen molar-refractivity contribution in [2.45, 2.75) is 27.2 Å². The van der Waals surface area contributed by atoms with Crippen LogP contribution in [0, 0.1) is 13.8 Å². The van der Waals surface area contributed by atoms with E-state index in [-0.39, 0.29) is 18.1 Å². The summed E-state index contributed by atoms with van der Waals surface area (Å²) in [5.41, 5.74) is 4.99. The number of likely N-dealkylation sites (N-methyl/N-ethyl adjacent to an activating group) is 1. The summed E-state index contributed by atoms with van der Waals surface area (Å²) >= 11 is 5.91. The van der Waals surface area contributed by atoms with Gasteiger partial charge in [0.25, 0.3) is 5.91 Å². The Labute approximate surface area is 135 Å². The standard InChI is InChI=1S/C18H19ClFNO/c1-4-21(20)18(22)11-17-12(2)9-15(10-13(17)3)14-5-7-16(19)8-6-14/h5-10H,4,11H2,1-3H3. The summed E-state index contributed by atoms with van der Waals surface area (Å²) in [6, 6.07) is 11.7. The zero-order chi connectivity index (χ0) is 16.3. The Morgan fingerprint density at radius 1 is 1.09 bits per heavy atom. The van der Waals surface area contributed by atoms with Gasteiger partial charge in [0.05, 0.1) is 13.0 Å². The lowest BCUT2D eigenvalue weighted by molar-refractivity contribution is -0.145. The largest absolute Gasteiger partial charge is 0.272 e. The van der Waals surface area contributed by atoms with Crippen LogP contribution >= 0.6 is 11.6 Å². The van der Waals surface area contributed by atoms with Gasteiger partial charge < -0.3 is 0 Å². The molecule has 0 aliphatic carbocycles. The summed E-state index contributed by atoms with van der Waals surface area (Å²) in [5.74, 6) is -0.507. The van der Waals surface area contributed by atoms with E-state index in [9.17, 15) is 9.28 Å². The van der Waals surface area contributed by atoms with Crippen molar-refractivity contribution in [1.29, 1.82) is 0 Å². The quantitative estimate of drug-likeness (QED) is 0.734. The number of carbonyl (C=O) groups is 1. The number of hydrogen-bond donors (Lipinski definition) is 0. The fourth-order valence-corrected chi connectivity index (χ4v) is 2.62. The van der Waals surface area contributed by atoms with Gasteiger partial charge >= 0.3 is 0 Å². The maximum Gasteiger partial charge on any atom is 0.254 e. The third-order valence-electron chi connectivity index (χ3n) is 3.75. The molecule has 2 aromatic carbocycles. The van der Waals surface area contributed by atoms with E-state index in [1.807, 2.05) is 50.2 Å². The highest BCUT2D eigenvalue weighted by atomic mass is 35.5. The molecule has 1 amide bonds. The normalized spacial score (nSPS) is 10.6. The highest BCUT2D eigenvalue weighted by Gasteiger charge is 2.15. The fourth-order valence-electron chi connectivity index (χ4n) is 2.49. The van der Waals surface area contributed by atoms with E-state index in [2.05, 4.69) is 0 Å². The second-order valence-corrected chi connectivity index (χ2v) is 5.78. The number of rotatable bonds is 4. The fraction of sp³-hybridized carbons (Fsp3) is 0.278. The van der Waals surface area contributed by atoms with E-state index in [0.29, 0.717) is 5.02 Å². The Morgan fingerprint density at radius 2 is 1.64 bits per heavy atom. The zero-order valence-corrected chi connectivity index (χ0v) is 13.7. The van der Waals surface area contributed by atoms with Crippen LogP contribution in [0.15, 0.2) is 36.4 Å². The summed E-state index contributed by atoms with van der Waals surface area (Å²) in [7, 11) is 0. The molecule has 0 radical (unpaired) electrons. The second kappa shape index (κ2) is 6.93. The molecule has 0 aliphatic heterocycles. The molecule has 0 bridgehead atoms. The summed E-state index contributed by atoms with van der Waals surface area (Å²) in [6.45, 7) is 5.58. The van der Waals surface area contributed by atoms with E-state index < -0.39 is 5.91 Å².